The largest absolute Gasteiger partial charge is 0.270 e. The zero-order valence-electron chi connectivity index (χ0n) is 12.1. The molecule has 2 aromatic carbocycles. The third kappa shape index (κ3) is 2.82. The lowest BCUT2D eigenvalue weighted by Gasteiger charge is -2.16. The molecule has 0 unspecified atom stereocenters. The van der Waals surface area contributed by atoms with Gasteiger partial charge >= 0.3 is 0 Å². The molecule has 0 saturated carbocycles. The molecular weight excluding hydrogens is 382 g/mol. The number of hydrogen-bond donors (Lipinski definition) is 0. The quantitative estimate of drug-likeness (QED) is 0.751. The number of rotatable bonds is 3. The minimum absolute atomic E-state index is 0.0813. The molecule has 23 heavy (non-hydrogen) atoms. The van der Waals surface area contributed by atoms with E-state index in [1.807, 2.05) is 0 Å². The second-order valence-electron chi connectivity index (χ2n) is 5.27. The molecule has 0 aromatic heterocycles. The van der Waals surface area contributed by atoms with Gasteiger partial charge in [0.15, 0.2) is 9.84 Å². The van der Waals surface area contributed by atoms with E-state index in [1.54, 1.807) is 36.4 Å². The van der Waals surface area contributed by atoms with Crippen molar-refractivity contribution in [1.29, 1.82) is 0 Å². The number of hydrogen-bond acceptors (Lipinski definition) is 4. The van der Waals surface area contributed by atoms with Gasteiger partial charge in [-0.05, 0) is 29.8 Å². The minimum Gasteiger partial charge on any atom is -0.270 e. The van der Waals surface area contributed by atoms with Crippen molar-refractivity contribution in [2.45, 2.75) is 11.4 Å². The molecule has 3 rings (SSSR count). The monoisotopic (exact) mass is 393 g/mol. The van der Waals surface area contributed by atoms with Gasteiger partial charge in [0.25, 0.3) is 11.8 Å². The molecule has 118 valence electrons. The van der Waals surface area contributed by atoms with E-state index in [1.165, 1.54) is 6.07 Å². The average molecular weight is 394 g/mol. The second kappa shape index (κ2) is 5.58. The molecule has 0 radical (unpaired) electrons. The Balaban J connectivity index is 2.02. The lowest BCUT2D eigenvalue weighted by molar-refractivity contribution is 0.0641. The highest BCUT2D eigenvalue weighted by atomic mass is 79.9. The fourth-order valence-electron chi connectivity index (χ4n) is 2.56. The fourth-order valence-corrected chi connectivity index (χ4v) is 4.02. The third-order valence-corrected chi connectivity index (χ3v) is 5.31. The number of nitrogens with zero attached hydrogens (tertiary/aromatic N) is 1. The van der Waals surface area contributed by atoms with Crippen molar-refractivity contribution in [1.82, 2.24) is 4.90 Å². The average Bonchev–Trinajstić information content (AvgIpc) is 2.73. The van der Waals surface area contributed by atoms with Crippen LogP contribution in [0.2, 0.25) is 0 Å². The van der Waals surface area contributed by atoms with Gasteiger partial charge in [-0.1, -0.05) is 34.1 Å². The Hall–Kier alpha value is -1.99. The Morgan fingerprint density at radius 2 is 1.57 bits per heavy atom. The van der Waals surface area contributed by atoms with Crippen molar-refractivity contribution in [3.63, 3.8) is 0 Å². The maximum absolute atomic E-state index is 12.4. The van der Waals surface area contributed by atoms with Gasteiger partial charge in [0, 0.05) is 10.7 Å². The summed E-state index contributed by atoms with van der Waals surface area (Å²) in [7, 11) is -3.48. The first-order valence-electron chi connectivity index (χ1n) is 6.73. The van der Waals surface area contributed by atoms with Crippen LogP contribution in [-0.4, -0.2) is 31.4 Å². The number of carbonyl (C=O) groups excluding carboxylic acids is 2. The van der Waals surface area contributed by atoms with Crippen LogP contribution in [0.5, 0.6) is 0 Å². The van der Waals surface area contributed by atoms with E-state index in [9.17, 15) is 18.0 Å². The molecular formula is C16H12BrNO4S. The van der Waals surface area contributed by atoms with Gasteiger partial charge in [-0.3, -0.25) is 14.5 Å². The first-order valence-corrected chi connectivity index (χ1v) is 9.41. The second-order valence-corrected chi connectivity index (χ2v) is 8.17. The molecule has 1 heterocycles. The summed E-state index contributed by atoms with van der Waals surface area (Å²) in [5, 5.41) is 0. The number of sulfone groups is 1. The summed E-state index contributed by atoms with van der Waals surface area (Å²) < 4.78 is 24.5. The molecule has 0 fully saturated rings. The van der Waals surface area contributed by atoms with Gasteiger partial charge in [-0.25, -0.2) is 8.42 Å². The van der Waals surface area contributed by atoms with Crippen molar-refractivity contribution >= 4 is 37.6 Å². The summed E-state index contributed by atoms with van der Waals surface area (Å²) in [4.78, 5) is 25.9. The zero-order valence-corrected chi connectivity index (χ0v) is 14.5. The van der Waals surface area contributed by atoms with Crippen molar-refractivity contribution in [3.05, 3.63) is 63.6 Å². The normalized spacial score (nSPS) is 14.3. The van der Waals surface area contributed by atoms with E-state index >= 15 is 0 Å². The Kier molecular flexibility index (Phi) is 3.85. The van der Waals surface area contributed by atoms with Gasteiger partial charge < -0.3 is 0 Å². The molecule has 5 nitrogen and oxygen atoms in total. The van der Waals surface area contributed by atoms with Gasteiger partial charge in [-0.2, -0.15) is 0 Å². The Morgan fingerprint density at radius 3 is 2.09 bits per heavy atom. The summed E-state index contributed by atoms with van der Waals surface area (Å²) in [6.45, 7) is -0.0813. The van der Waals surface area contributed by atoms with Crippen molar-refractivity contribution in [3.8, 4) is 0 Å². The maximum atomic E-state index is 12.4. The first kappa shape index (κ1) is 15.9. The molecule has 1 aliphatic rings. The van der Waals surface area contributed by atoms with Crippen LogP contribution in [0.3, 0.4) is 0 Å². The molecule has 0 atom stereocenters. The van der Waals surface area contributed by atoms with Gasteiger partial charge in [0.05, 0.1) is 22.6 Å². The maximum Gasteiger partial charge on any atom is 0.261 e. The van der Waals surface area contributed by atoms with Gasteiger partial charge in [0.1, 0.15) is 0 Å². The lowest BCUT2D eigenvalue weighted by Crippen LogP contribution is -2.29. The summed E-state index contributed by atoms with van der Waals surface area (Å²) in [5.41, 5.74) is 1.09. The smallest absolute Gasteiger partial charge is 0.261 e. The van der Waals surface area contributed by atoms with Crippen molar-refractivity contribution < 1.29 is 18.0 Å². The van der Waals surface area contributed by atoms with E-state index in [4.69, 9.17) is 0 Å². The van der Waals surface area contributed by atoms with E-state index in [2.05, 4.69) is 15.9 Å². The summed E-state index contributed by atoms with van der Waals surface area (Å²) in [5.74, 6) is -0.819. The highest BCUT2D eigenvalue weighted by Crippen LogP contribution is 2.27. The molecule has 0 spiro atoms. The van der Waals surface area contributed by atoms with Crippen LogP contribution in [0.15, 0.2) is 51.8 Å². The minimum atomic E-state index is -3.48. The SMILES string of the molecule is CS(=O)(=O)c1cc(Br)ccc1CN1C(=O)c2ccccc2C1=O. The highest BCUT2D eigenvalue weighted by Gasteiger charge is 2.35. The van der Waals surface area contributed by atoms with Crippen LogP contribution < -0.4 is 0 Å². The summed E-state index contributed by atoms with van der Waals surface area (Å²) >= 11 is 3.24. The number of benzene rings is 2. The highest BCUT2D eigenvalue weighted by molar-refractivity contribution is 9.10. The summed E-state index contributed by atoms with van der Waals surface area (Å²) in [6, 6.07) is 11.3. The van der Waals surface area contributed by atoms with Gasteiger partial charge in [0.2, 0.25) is 0 Å². The Labute approximate surface area is 142 Å². The van der Waals surface area contributed by atoms with E-state index in [0.717, 1.165) is 11.2 Å². The molecule has 0 saturated heterocycles. The number of imide groups is 1. The van der Waals surface area contributed by atoms with E-state index < -0.39 is 21.7 Å². The molecule has 2 aromatic rings. The van der Waals surface area contributed by atoms with Crippen LogP contribution in [0.4, 0.5) is 0 Å². The number of amides is 2. The fraction of sp³-hybridized carbons (Fsp3) is 0.125. The third-order valence-electron chi connectivity index (χ3n) is 3.64. The zero-order chi connectivity index (χ0) is 16.8. The van der Waals surface area contributed by atoms with Crippen LogP contribution in [0.1, 0.15) is 26.3 Å². The van der Waals surface area contributed by atoms with Crippen LogP contribution in [-0.2, 0) is 16.4 Å². The lowest BCUT2D eigenvalue weighted by atomic mass is 10.1. The van der Waals surface area contributed by atoms with Crippen LogP contribution >= 0.6 is 15.9 Å². The van der Waals surface area contributed by atoms with Crippen molar-refractivity contribution in [2.75, 3.05) is 6.26 Å². The predicted octanol–water partition coefficient (Wildman–Crippen LogP) is 2.65. The first-order chi connectivity index (χ1) is 10.8. The summed E-state index contributed by atoms with van der Waals surface area (Å²) in [6.07, 6.45) is 1.10. The predicted molar refractivity (Wildman–Crippen MR) is 87.9 cm³/mol. The molecule has 0 aliphatic carbocycles. The Bertz CT molecular complexity index is 902. The molecule has 7 heteroatoms. The van der Waals surface area contributed by atoms with Gasteiger partial charge in [-0.15, -0.1) is 0 Å². The van der Waals surface area contributed by atoms with E-state index in [-0.39, 0.29) is 11.4 Å². The van der Waals surface area contributed by atoms with E-state index in [0.29, 0.717) is 21.2 Å². The number of carbonyl (C=O) groups is 2. The molecule has 0 N–H and O–H groups in total. The van der Waals surface area contributed by atoms with Crippen LogP contribution in [0, 0.1) is 0 Å². The molecule has 1 aliphatic heterocycles. The van der Waals surface area contributed by atoms with Crippen LogP contribution in [0.25, 0.3) is 0 Å². The number of fused-ring (bicyclic) bond motifs is 1. The van der Waals surface area contributed by atoms with Crippen molar-refractivity contribution in [2.24, 2.45) is 0 Å². The Morgan fingerprint density at radius 1 is 1.00 bits per heavy atom. The molecule has 0 bridgehead atoms. The number of halogens is 1. The standard InChI is InChI=1S/C16H12BrNO4S/c1-23(21,22)14-8-11(17)7-6-10(14)9-18-15(19)12-4-2-3-5-13(12)16(18)20/h2-8H,9H2,1H3. The molecule has 2 amide bonds. The topological polar surface area (TPSA) is 71.5 Å².